The summed E-state index contributed by atoms with van der Waals surface area (Å²) in [6.45, 7) is 3.81. The maximum Gasteiger partial charge on any atom is 0.165 e. The van der Waals surface area contributed by atoms with E-state index in [1.54, 1.807) is 20.1 Å². The predicted molar refractivity (Wildman–Crippen MR) is 75.8 cm³/mol. The minimum atomic E-state index is -0.861. The summed E-state index contributed by atoms with van der Waals surface area (Å²) < 4.78 is 29.2. The number of hydrogen-bond donors (Lipinski definition) is 2. The van der Waals surface area contributed by atoms with Crippen LogP contribution in [0.5, 0.6) is 5.75 Å². The number of ether oxygens (including phenoxy) is 3. The van der Waals surface area contributed by atoms with Crippen LogP contribution < -0.4 is 4.74 Å². The quantitative estimate of drug-likeness (QED) is 0.726. The second kappa shape index (κ2) is 8.94. The Labute approximate surface area is 124 Å². The van der Waals surface area contributed by atoms with E-state index in [-0.39, 0.29) is 25.1 Å². The topological polar surface area (TPSA) is 68.2 Å². The third-order valence-corrected chi connectivity index (χ3v) is 2.84. The third-order valence-electron chi connectivity index (χ3n) is 2.84. The number of rotatable bonds is 9. The van der Waals surface area contributed by atoms with Crippen molar-refractivity contribution in [1.82, 2.24) is 0 Å². The predicted octanol–water partition coefficient (Wildman–Crippen LogP) is 1.67. The van der Waals surface area contributed by atoms with E-state index in [2.05, 4.69) is 0 Å². The Balaban J connectivity index is 2.41. The molecule has 0 aromatic heterocycles. The van der Waals surface area contributed by atoms with Gasteiger partial charge in [0.25, 0.3) is 0 Å². The van der Waals surface area contributed by atoms with Gasteiger partial charge in [0.2, 0.25) is 0 Å². The lowest BCUT2D eigenvalue weighted by Gasteiger charge is -2.17. The van der Waals surface area contributed by atoms with Crippen LogP contribution in [0, 0.1) is 5.82 Å². The third kappa shape index (κ3) is 6.39. The van der Waals surface area contributed by atoms with Crippen molar-refractivity contribution in [3.05, 3.63) is 29.6 Å². The van der Waals surface area contributed by atoms with E-state index in [9.17, 15) is 14.6 Å². The van der Waals surface area contributed by atoms with Crippen molar-refractivity contribution < 1.29 is 28.8 Å². The smallest absolute Gasteiger partial charge is 0.165 e. The Hall–Kier alpha value is -1.21. The Morgan fingerprint density at radius 2 is 1.86 bits per heavy atom. The minimum Gasteiger partial charge on any atom is -0.488 e. The number of aliphatic hydroxyl groups excluding tert-OH is 2. The van der Waals surface area contributed by atoms with Crippen LogP contribution in [0.2, 0.25) is 0 Å². The number of hydrogen-bond acceptors (Lipinski definition) is 5. The first-order valence-corrected chi connectivity index (χ1v) is 6.83. The van der Waals surface area contributed by atoms with Gasteiger partial charge in [0, 0.05) is 7.11 Å². The summed E-state index contributed by atoms with van der Waals surface area (Å²) in [6.07, 6.45) is -1.73. The molecule has 0 heterocycles. The molecule has 2 unspecified atom stereocenters. The van der Waals surface area contributed by atoms with E-state index in [0.29, 0.717) is 12.2 Å². The van der Waals surface area contributed by atoms with Crippen LogP contribution in [0.3, 0.4) is 0 Å². The molecular formula is C15H23FO5. The number of benzene rings is 1. The molecule has 1 aromatic carbocycles. The Morgan fingerprint density at radius 1 is 1.14 bits per heavy atom. The molecule has 0 radical (unpaired) electrons. The van der Waals surface area contributed by atoms with Gasteiger partial charge in [-0.3, -0.25) is 0 Å². The molecule has 5 nitrogen and oxygen atoms in total. The van der Waals surface area contributed by atoms with Crippen molar-refractivity contribution in [1.29, 1.82) is 0 Å². The summed E-state index contributed by atoms with van der Waals surface area (Å²) in [5.74, 6) is -0.544. The van der Waals surface area contributed by atoms with Crippen LogP contribution in [0.25, 0.3) is 0 Å². The highest BCUT2D eigenvalue weighted by Crippen LogP contribution is 2.22. The molecule has 120 valence electrons. The fourth-order valence-electron chi connectivity index (χ4n) is 1.69. The Kier molecular flexibility index (Phi) is 7.60. The molecular weight excluding hydrogens is 279 g/mol. The fraction of sp³-hybridized carbons (Fsp3) is 0.600. The second-order valence-corrected chi connectivity index (χ2v) is 4.93. The molecule has 0 bridgehead atoms. The molecule has 1 aromatic rings. The van der Waals surface area contributed by atoms with E-state index in [4.69, 9.17) is 14.2 Å². The normalized spacial score (nSPS) is 15.5. The van der Waals surface area contributed by atoms with Crippen molar-refractivity contribution in [2.24, 2.45) is 0 Å². The molecule has 0 amide bonds. The van der Waals surface area contributed by atoms with Gasteiger partial charge in [0.05, 0.1) is 25.4 Å². The lowest BCUT2D eigenvalue weighted by Crippen LogP contribution is -2.27. The zero-order chi connectivity index (χ0) is 15.8. The van der Waals surface area contributed by atoms with Crippen molar-refractivity contribution in [2.75, 3.05) is 26.9 Å². The van der Waals surface area contributed by atoms with Gasteiger partial charge >= 0.3 is 0 Å². The van der Waals surface area contributed by atoms with Crippen molar-refractivity contribution in [2.45, 2.75) is 32.2 Å². The van der Waals surface area contributed by atoms with E-state index in [1.807, 2.05) is 6.92 Å². The summed E-state index contributed by atoms with van der Waals surface area (Å²) in [7, 11) is 1.57. The SMILES string of the molecule is COCC(C)OCC(O)COc1ccc([C@H](C)O)cc1F. The molecule has 1 rings (SSSR count). The van der Waals surface area contributed by atoms with Gasteiger partial charge in [-0.15, -0.1) is 0 Å². The molecule has 0 aliphatic carbocycles. The summed E-state index contributed by atoms with van der Waals surface area (Å²) in [5.41, 5.74) is 0.470. The molecule has 0 aliphatic rings. The average molecular weight is 302 g/mol. The van der Waals surface area contributed by atoms with Gasteiger partial charge < -0.3 is 24.4 Å². The van der Waals surface area contributed by atoms with Crippen LogP contribution in [-0.4, -0.2) is 49.4 Å². The number of methoxy groups -OCH3 is 1. The minimum absolute atomic E-state index is 0.0309. The highest BCUT2D eigenvalue weighted by atomic mass is 19.1. The second-order valence-electron chi connectivity index (χ2n) is 4.93. The monoisotopic (exact) mass is 302 g/mol. The summed E-state index contributed by atoms with van der Waals surface area (Å²) >= 11 is 0. The van der Waals surface area contributed by atoms with E-state index in [0.717, 1.165) is 0 Å². The zero-order valence-corrected chi connectivity index (χ0v) is 12.6. The van der Waals surface area contributed by atoms with Crippen molar-refractivity contribution >= 4 is 0 Å². The van der Waals surface area contributed by atoms with Gasteiger partial charge in [-0.25, -0.2) is 4.39 Å². The van der Waals surface area contributed by atoms with E-state index in [1.165, 1.54) is 12.1 Å². The lowest BCUT2D eigenvalue weighted by atomic mass is 10.1. The zero-order valence-electron chi connectivity index (χ0n) is 12.6. The van der Waals surface area contributed by atoms with Crippen LogP contribution in [0.15, 0.2) is 18.2 Å². The lowest BCUT2D eigenvalue weighted by molar-refractivity contribution is -0.0425. The van der Waals surface area contributed by atoms with E-state index < -0.39 is 18.0 Å². The standard InChI is InChI=1S/C15H23FO5/c1-10(7-19-3)20-8-13(18)9-21-15-5-4-12(11(2)17)6-14(15)16/h4-6,10-11,13,17-18H,7-9H2,1-3H3/t10?,11-,13?/m0/s1. The van der Waals surface area contributed by atoms with Crippen LogP contribution in [0.1, 0.15) is 25.5 Å². The number of aliphatic hydroxyl groups is 2. The van der Waals surface area contributed by atoms with Gasteiger partial charge in [-0.1, -0.05) is 6.07 Å². The summed E-state index contributed by atoms with van der Waals surface area (Å²) in [5, 5.41) is 19.1. The molecule has 0 saturated carbocycles. The maximum atomic E-state index is 13.7. The molecule has 0 spiro atoms. The van der Waals surface area contributed by atoms with E-state index >= 15 is 0 Å². The van der Waals surface area contributed by atoms with Crippen molar-refractivity contribution in [3.63, 3.8) is 0 Å². The van der Waals surface area contributed by atoms with Crippen LogP contribution >= 0.6 is 0 Å². The van der Waals surface area contributed by atoms with Crippen molar-refractivity contribution in [3.8, 4) is 5.75 Å². The summed E-state index contributed by atoms with van der Waals surface area (Å²) in [6, 6.07) is 4.22. The molecule has 0 aliphatic heterocycles. The molecule has 21 heavy (non-hydrogen) atoms. The van der Waals surface area contributed by atoms with Gasteiger partial charge in [-0.05, 0) is 31.5 Å². The Bertz CT molecular complexity index is 425. The van der Waals surface area contributed by atoms with Gasteiger partial charge in [0.15, 0.2) is 11.6 Å². The summed E-state index contributed by atoms with van der Waals surface area (Å²) in [4.78, 5) is 0. The number of halogens is 1. The van der Waals surface area contributed by atoms with Crippen LogP contribution in [0.4, 0.5) is 4.39 Å². The largest absolute Gasteiger partial charge is 0.488 e. The average Bonchev–Trinajstić information content (AvgIpc) is 2.44. The van der Waals surface area contributed by atoms with Gasteiger partial charge in [0.1, 0.15) is 12.7 Å². The first-order valence-electron chi connectivity index (χ1n) is 6.83. The molecule has 6 heteroatoms. The Morgan fingerprint density at radius 3 is 2.43 bits per heavy atom. The highest BCUT2D eigenvalue weighted by Gasteiger charge is 2.12. The highest BCUT2D eigenvalue weighted by molar-refractivity contribution is 5.30. The first kappa shape index (κ1) is 17.8. The van der Waals surface area contributed by atoms with Crippen LogP contribution in [-0.2, 0) is 9.47 Å². The van der Waals surface area contributed by atoms with Gasteiger partial charge in [-0.2, -0.15) is 0 Å². The molecule has 0 saturated heterocycles. The molecule has 2 N–H and O–H groups in total. The molecule has 0 fully saturated rings. The molecule has 3 atom stereocenters. The fourth-order valence-corrected chi connectivity index (χ4v) is 1.69. The first-order chi connectivity index (χ1) is 9.93. The maximum absolute atomic E-state index is 13.7.